The lowest BCUT2D eigenvalue weighted by molar-refractivity contribution is -0.385. The van der Waals surface area contributed by atoms with Crippen molar-refractivity contribution in [2.75, 3.05) is 13.7 Å². The van der Waals surface area contributed by atoms with Crippen molar-refractivity contribution in [2.45, 2.75) is 11.3 Å². The number of hydrogen-bond donors (Lipinski definition) is 1. The predicted molar refractivity (Wildman–Crippen MR) is 121 cm³/mol. The molecule has 10 nitrogen and oxygen atoms in total. The van der Waals surface area contributed by atoms with Gasteiger partial charge in [-0.15, -0.1) is 0 Å². The summed E-state index contributed by atoms with van der Waals surface area (Å²) in [6, 6.07) is 16.8. The summed E-state index contributed by atoms with van der Waals surface area (Å²) in [7, 11) is -2.99. The summed E-state index contributed by atoms with van der Waals surface area (Å²) in [6.07, 6.45) is 0.538. The predicted octanol–water partition coefficient (Wildman–Crippen LogP) is 3.12. The van der Waals surface area contributed by atoms with Crippen LogP contribution in [0, 0.1) is 10.1 Å². The number of hydrogen-bond acceptors (Lipinski definition) is 8. The molecule has 34 heavy (non-hydrogen) atoms. The number of nitrogens with zero attached hydrogens (tertiary/aromatic N) is 1. The van der Waals surface area contributed by atoms with Gasteiger partial charge in [0.25, 0.3) is 11.6 Å². The number of amides is 1. The normalized spacial score (nSPS) is 10.9. The number of esters is 1. The van der Waals surface area contributed by atoms with Gasteiger partial charge in [-0.1, -0.05) is 18.2 Å². The summed E-state index contributed by atoms with van der Waals surface area (Å²) < 4.78 is 34.5. The number of carbonyl (C=O) groups excluding carboxylic acids is 2. The van der Waals surface area contributed by atoms with E-state index in [0.29, 0.717) is 24.1 Å². The van der Waals surface area contributed by atoms with E-state index >= 15 is 0 Å². The molecule has 0 radical (unpaired) electrons. The lowest BCUT2D eigenvalue weighted by Crippen LogP contribution is -2.25. The van der Waals surface area contributed by atoms with E-state index in [-0.39, 0.29) is 22.2 Å². The number of benzene rings is 3. The fourth-order valence-electron chi connectivity index (χ4n) is 2.94. The Hall–Kier alpha value is -4.25. The highest BCUT2D eigenvalue weighted by Gasteiger charge is 2.20. The van der Waals surface area contributed by atoms with Gasteiger partial charge in [-0.05, 0) is 54.4 Å². The van der Waals surface area contributed by atoms with Gasteiger partial charge < -0.3 is 14.2 Å². The summed E-state index contributed by atoms with van der Waals surface area (Å²) in [5, 5.41) is 13.6. The number of nitro groups is 1. The fraction of sp³-hybridized carbons (Fsp3) is 0.130. The van der Waals surface area contributed by atoms with E-state index in [4.69, 9.17) is 4.18 Å². The number of methoxy groups -OCH3 is 1. The van der Waals surface area contributed by atoms with E-state index in [1.54, 1.807) is 24.3 Å². The van der Waals surface area contributed by atoms with Gasteiger partial charge in [0, 0.05) is 24.2 Å². The van der Waals surface area contributed by atoms with Crippen LogP contribution in [-0.2, 0) is 21.3 Å². The van der Waals surface area contributed by atoms with Crippen LogP contribution in [0.1, 0.15) is 26.3 Å². The third-order valence-electron chi connectivity index (χ3n) is 4.71. The van der Waals surface area contributed by atoms with Crippen molar-refractivity contribution in [3.8, 4) is 5.75 Å². The van der Waals surface area contributed by atoms with E-state index < -0.39 is 21.0 Å². The molecule has 0 heterocycles. The number of ether oxygens (including phenoxy) is 1. The molecule has 0 aliphatic carbocycles. The van der Waals surface area contributed by atoms with Gasteiger partial charge in [-0.25, -0.2) is 4.79 Å². The first kappa shape index (κ1) is 24.4. The van der Waals surface area contributed by atoms with Crippen molar-refractivity contribution >= 4 is 27.7 Å². The Morgan fingerprint density at radius 3 is 2.24 bits per heavy atom. The molecule has 0 saturated heterocycles. The summed E-state index contributed by atoms with van der Waals surface area (Å²) >= 11 is 0. The minimum atomic E-state index is -4.29. The Morgan fingerprint density at radius 2 is 1.62 bits per heavy atom. The third kappa shape index (κ3) is 6.17. The van der Waals surface area contributed by atoms with Gasteiger partial charge in [0.05, 0.1) is 17.6 Å². The Bertz CT molecular complexity index is 1300. The molecule has 3 aromatic carbocycles. The lowest BCUT2D eigenvalue weighted by atomic mass is 10.1. The molecule has 3 rings (SSSR count). The second-order valence-electron chi connectivity index (χ2n) is 7.01. The van der Waals surface area contributed by atoms with Gasteiger partial charge >= 0.3 is 16.1 Å². The summed E-state index contributed by atoms with van der Waals surface area (Å²) in [5.41, 5.74) is 1.27. The molecule has 176 valence electrons. The van der Waals surface area contributed by atoms with Crippen molar-refractivity contribution in [2.24, 2.45) is 0 Å². The number of rotatable bonds is 9. The molecular weight excluding hydrogens is 464 g/mol. The molecule has 1 amide bonds. The minimum Gasteiger partial charge on any atom is -0.465 e. The molecule has 0 aromatic heterocycles. The van der Waals surface area contributed by atoms with E-state index in [1.165, 1.54) is 49.6 Å². The van der Waals surface area contributed by atoms with Crippen LogP contribution in [0.3, 0.4) is 0 Å². The highest BCUT2D eigenvalue weighted by atomic mass is 32.2. The molecule has 0 unspecified atom stereocenters. The summed E-state index contributed by atoms with van der Waals surface area (Å²) in [5.74, 6) is -0.835. The molecule has 0 atom stereocenters. The van der Waals surface area contributed by atoms with Crippen LogP contribution in [0.2, 0.25) is 0 Å². The average molecular weight is 484 g/mol. The Labute approximate surface area is 195 Å². The molecule has 0 aliphatic heterocycles. The highest BCUT2D eigenvalue weighted by molar-refractivity contribution is 7.87. The summed E-state index contributed by atoms with van der Waals surface area (Å²) in [4.78, 5) is 33.6. The summed E-state index contributed by atoms with van der Waals surface area (Å²) in [6.45, 7) is 0.343. The van der Waals surface area contributed by atoms with Crippen molar-refractivity contribution in [1.29, 1.82) is 0 Å². The number of non-ortho nitro benzene ring substituents is 1. The van der Waals surface area contributed by atoms with Gasteiger partial charge in [0.15, 0.2) is 0 Å². The second kappa shape index (κ2) is 10.6. The number of carbonyl (C=O) groups is 2. The van der Waals surface area contributed by atoms with Crippen molar-refractivity contribution in [3.63, 3.8) is 0 Å². The SMILES string of the molecule is COC(=O)c1ccc(CCNC(=O)c2ccc(OS(=O)(=O)c3cccc([N+](=O)[O-])c3)cc2)cc1. The Balaban J connectivity index is 1.56. The van der Waals surface area contributed by atoms with Crippen molar-refractivity contribution in [1.82, 2.24) is 5.32 Å². The Kier molecular flexibility index (Phi) is 7.59. The molecular formula is C23H20N2O8S. The second-order valence-corrected chi connectivity index (χ2v) is 8.56. The van der Waals surface area contributed by atoms with Gasteiger partial charge in [0.1, 0.15) is 10.6 Å². The van der Waals surface area contributed by atoms with Crippen LogP contribution < -0.4 is 9.50 Å². The van der Waals surface area contributed by atoms with E-state index in [2.05, 4.69) is 10.1 Å². The smallest absolute Gasteiger partial charge is 0.339 e. The zero-order chi connectivity index (χ0) is 24.7. The fourth-order valence-corrected chi connectivity index (χ4v) is 3.91. The molecule has 11 heteroatoms. The topological polar surface area (TPSA) is 142 Å². The van der Waals surface area contributed by atoms with E-state index in [9.17, 15) is 28.1 Å². The van der Waals surface area contributed by atoms with Gasteiger partial charge in [0.2, 0.25) is 0 Å². The van der Waals surface area contributed by atoms with E-state index in [1.807, 2.05) is 0 Å². The van der Waals surface area contributed by atoms with Crippen molar-refractivity contribution < 1.29 is 31.9 Å². The molecule has 3 aromatic rings. The molecule has 1 N–H and O–H groups in total. The van der Waals surface area contributed by atoms with Crippen LogP contribution >= 0.6 is 0 Å². The minimum absolute atomic E-state index is 0.0475. The molecule has 0 aliphatic rings. The van der Waals surface area contributed by atoms with Crippen LogP contribution in [-0.4, -0.2) is 38.9 Å². The van der Waals surface area contributed by atoms with Crippen LogP contribution in [0.25, 0.3) is 0 Å². The molecule has 0 bridgehead atoms. The maximum absolute atomic E-state index is 12.4. The van der Waals surface area contributed by atoms with Crippen LogP contribution in [0.4, 0.5) is 5.69 Å². The maximum atomic E-state index is 12.4. The lowest BCUT2D eigenvalue weighted by Gasteiger charge is -2.09. The molecule has 0 spiro atoms. The maximum Gasteiger partial charge on any atom is 0.339 e. The van der Waals surface area contributed by atoms with Crippen LogP contribution in [0.5, 0.6) is 5.75 Å². The zero-order valence-corrected chi connectivity index (χ0v) is 18.8. The largest absolute Gasteiger partial charge is 0.465 e. The monoisotopic (exact) mass is 484 g/mol. The first-order valence-corrected chi connectivity index (χ1v) is 11.3. The molecule has 0 fully saturated rings. The average Bonchev–Trinajstić information content (AvgIpc) is 2.84. The third-order valence-corrected chi connectivity index (χ3v) is 5.96. The van der Waals surface area contributed by atoms with E-state index in [0.717, 1.165) is 11.6 Å². The zero-order valence-electron chi connectivity index (χ0n) is 18.0. The standard InChI is InChI=1S/C23H20N2O8S/c1-32-23(27)18-7-5-16(6-8-18)13-14-24-22(26)17-9-11-20(12-10-17)33-34(30,31)21-4-2-3-19(15-21)25(28)29/h2-12,15H,13-14H2,1H3,(H,24,26). The van der Waals surface area contributed by atoms with Gasteiger partial charge in [-0.3, -0.25) is 14.9 Å². The van der Waals surface area contributed by atoms with Crippen molar-refractivity contribution in [3.05, 3.63) is 99.6 Å². The quantitative estimate of drug-likeness (QED) is 0.211. The first-order valence-electron chi connectivity index (χ1n) is 9.94. The first-order chi connectivity index (χ1) is 16.2. The molecule has 0 saturated carbocycles. The van der Waals surface area contributed by atoms with Gasteiger partial charge in [-0.2, -0.15) is 8.42 Å². The number of nitro benzene ring substituents is 1. The van der Waals surface area contributed by atoms with Crippen LogP contribution in [0.15, 0.2) is 77.7 Å². The number of nitrogens with one attached hydrogen (secondary N) is 1. The Morgan fingerprint density at radius 1 is 0.971 bits per heavy atom. The highest BCUT2D eigenvalue weighted by Crippen LogP contribution is 2.22.